The molecule has 0 amide bonds. The zero-order valence-corrected chi connectivity index (χ0v) is 7.62. The largest absolute Gasteiger partial charge is 0.433 e. The van der Waals surface area contributed by atoms with E-state index in [1.165, 1.54) is 12.1 Å². The van der Waals surface area contributed by atoms with E-state index in [0.717, 1.165) is 0 Å². The number of hydrogen-bond donors (Lipinski definition) is 1. The summed E-state index contributed by atoms with van der Waals surface area (Å²) >= 11 is 0. The number of alkyl halides is 2. The molecule has 1 N–H and O–H groups in total. The van der Waals surface area contributed by atoms with Gasteiger partial charge in [0, 0.05) is 6.61 Å². The highest BCUT2D eigenvalue weighted by Crippen LogP contribution is 2.25. The van der Waals surface area contributed by atoms with Crippen LogP contribution in [0.1, 0.15) is 12.8 Å². The third-order valence-electron chi connectivity index (χ3n) is 1.64. The molecule has 0 aliphatic heterocycles. The molecule has 0 radical (unpaired) electrons. The van der Waals surface area contributed by atoms with E-state index in [1.807, 2.05) is 0 Å². The predicted molar refractivity (Wildman–Crippen MR) is 48.3 cm³/mol. The van der Waals surface area contributed by atoms with Gasteiger partial charge in [-0.3, -0.25) is 0 Å². The van der Waals surface area contributed by atoms with E-state index in [4.69, 9.17) is 5.11 Å². The number of benzene rings is 1. The molecule has 0 fully saturated rings. The van der Waals surface area contributed by atoms with Crippen molar-refractivity contribution in [3.8, 4) is 5.75 Å². The second kappa shape index (κ2) is 4.91. The first-order valence-corrected chi connectivity index (χ1v) is 4.37. The molecule has 0 spiro atoms. The van der Waals surface area contributed by atoms with Crippen LogP contribution in [0.2, 0.25) is 0 Å². The highest BCUT2D eigenvalue weighted by Gasteiger charge is 2.30. The lowest BCUT2D eigenvalue weighted by atomic mass is 10.3. The predicted octanol–water partition coefficient (Wildman–Crippen LogP) is 2.43. The lowest BCUT2D eigenvalue weighted by Crippen LogP contribution is -2.24. The van der Waals surface area contributed by atoms with E-state index in [2.05, 4.69) is 4.74 Å². The van der Waals surface area contributed by atoms with Gasteiger partial charge in [0.2, 0.25) is 0 Å². The molecule has 0 aliphatic carbocycles. The second-order valence-electron chi connectivity index (χ2n) is 2.88. The van der Waals surface area contributed by atoms with E-state index < -0.39 is 12.5 Å². The van der Waals surface area contributed by atoms with Crippen LogP contribution in [0.5, 0.6) is 5.75 Å². The minimum Gasteiger partial charge on any atom is -0.433 e. The van der Waals surface area contributed by atoms with Crippen LogP contribution in [0, 0.1) is 0 Å². The number of hydrogen-bond acceptors (Lipinski definition) is 2. The molecular weight excluding hydrogens is 190 g/mol. The van der Waals surface area contributed by atoms with Crippen LogP contribution in [0.15, 0.2) is 30.3 Å². The summed E-state index contributed by atoms with van der Waals surface area (Å²) in [4.78, 5) is 0. The Kier molecular flexibility index (Phi) is 3.83. The molecule has 0 saturated carbocycles. The number of para-hydroxylation sites is 1. The molecule has 0 heterocycles. The van der Waals surface area contributed by atoms with Crippen LogP contribution in [0.3, 0.4) is 0 Å². The molecule has 1 rings (SSSR count). The fraction of sp³-hybridized carbons (Fsp3) is 0.400. The quantitative estimate of drug-likeness (QED) is 0.794. The highest BCUT2D eigenvalue weighted by atomic mass is 19.3. The summed E-state index contributed by atoms with van der Waals surface area (Å²) in [6.07, 6.45) is -3.65. The zero-order valence-electron chi connectivity index (χ0n) is 7.62. The van der Waals surface area contributed by atoms with Gasteiger partial charge in [-0.25, -0.2) is 0 Å². The van der Waals surface area contributed by atoms with Gasteiger partial charge in [-0.1, -0.05) is 18.2 Å². The van der Waals surface area contributed by atoms with Crippen LogP contribution in [0.25, 0.3) is 0 Å². The summed E-state index contributed by atoms with van der Waals surface area (Å²) in [7, 11) is 0. The van der Waals surface area contributed by atoms with Crippen molar-refractivity contribution in [1.82, 2.24) is 0 Å². The van der Waals surface area contributed by atoms with Gasteiger partial charge in [0.05, 0.1) is 6.42 Å². The standard InChI is InChI=1S/C10H12F2O2/c11-10(12,7-4-8-13)14-9-5-2-1-3-6-9/h1-3,5-6,13H,4,7-8H2. The van der Waals surface area contributed by atoms with Crippen LogP contribution in [-0.4, -0.2) is 17.8 Å². The van der Waals surface area contributed by atoms with Crippen molar-refractivity contribution < 1.29 is 18.6 Å². The summed E-state index contributed by atoms with van der Waals surface area (Å²) in [5.74, 6) is 0.135. The van der Waals surface area contributed by atoms with Gasteiger partial charge in [0.15, 0.2) is 0 Å². The topological polar surface area (TPSA) is 29.5 Å². The third kappa shape index (κ3) is 3.70. The van der Waals surface area contributed by atoms with Gasteiger partial charge in [0.1, 0.15) is 5.75 Å². The Morgan fingerprint density at radius 1 is 1.21 bits per heavy atom. The number of halogens is 2. The molecule has 0 unspecified atom stereocenters. The van der Waals surface area contributed by atoms with Gasteiger partial charge >= 0.3 is 6.11 Å². The Bertz CT molecular complexity index is 262. The Labute approximate surface area is 81.1 Å². The van der Waals surface area contributed by atoms with Crippen LogP contribution in [-0.2, 0) is 0 Å². The van der Waals surface area contributed by atoms with Crippen molar-refractivity contribution in [2.45, 2.75) is 19.0 Å². The van der Waals surface area contributed by atoms with Gasteiger partial charge in [-0.2, -0.15) is 8.78 Å². The maximum absolute atomic E-state index is 13.0. The van der Waals surface area contributed by atoms with Crippen LogP contribution >= 0.6 is 0 Å². The van der Waals surface area contributed by atoms with Crippen molar-refractivity contribution in [3.05, 3.63) is 30.3 Å². The summed E-state index contributed by atoms with van der Waals surface area (Å²) in [5, 5.41) is 8.41. The zero-order chi connectivity index (χ0) is 10.4. The Hall–Kier alpha value is -1.16. The van der Waals surface area contributed by atoms with Crippen molar-refractivity contribution in [3.63, 3.8) is 0 Å². The van der Waals surface area contributed by atoms with Crippen LogP contribution < -0.4 is 4.74 Å². The number of rotatable bonds is 5. The fourth-order valence-electron chi connectivity index (χ4n) is 0.997. The van der Waals surface area contributed by atoms with Crippen LogP contribution in [0.4, 0.5) is 8.78 Å². The normalized spacial score (nSPS) is 11.4. The Balaban J connectivity index is 2.50. The molecule has 0 aliphatic rings. The minimum atomic E-state index is -3.20. The van der Waals surface area contributed by atoms with Gasteiger partial charge in [-0.05, 0) is 18.6 Å². The summed E-state index contributed by atoms with van der Waals surface area (Å²) in [5.41, 5.74) is 0. The Morgan fingerprint density at radius 2 is 1.86 bits per heavy atom. The lowest BCUT2D eigenvalue weighted by molar-refractivity contribution is -0.182. The Morgan fingerprint density at radius 3 is 2.43 bits per heavy atom. The van der Waals surface area contributed by atoms with Crippen molar-refractivity contribution >= 4 is 0 Å². The molecule has 2 nitrogen and oxygen atoms in total. The average molecular weight is 202 g/mol. The SMILES string of the molecule is OCCCC(F)(F)Oc1ccccc1. The van der Waals surface area contributed by atoms with E-state index in [1.54, 1.807) is 18.2 Å². The number of aliphatic hydroxyl groups is 1. The monoisotopic (exact) mass is 202 g/mol. The van der Waals surface area contributed by atoms with E-state index in [-0.39, 0.29) is 18.8 Å². The minimum absolute atomic E-state index is 0.0276. The molecule has 1 aromatic carbocycles. The first kappa shape index (κ1) is 10.9. The first-order valence-electron chi connectivity index (χ1n) is 4.37. The molecule has 1 aromatic rings. The number of aliphatic hydroxyl groups excluding tert-OH is 1. The molecule has 78 valence electrons. The fourth-order valence-corrected chi connectivity index (χ4v) is 0.997. The van der Waals surface area contributed by atoms with E-state index in [9.17, 15) is 8.78 Å². The summed E-state index contributed by atoms with van der Waals surface area (Å²) in [6.45, 7) is -0.256. The molecule has 0 atom stereocenters. The summed E-state index contributed by atoms with van der Waals surface area (Å²) < 4.78 is 30.4. The molecular formula is C10H12F2O2. The smallest absolute Gasteiger partial charge is 0.397 e. The maximum atomic E-state index is 13.0. The van der Waals surface area contributed by atoms with Gasteiger partial charge in [0.25, 0.3) is 0 Å². The number of ether oxygens (including phenoxy) is 1. The lowest BCUT2D eigenvalue weighted by Gasteiger charge is -2.17. The maximum Gasteiger partial charge on any atom is 0.397 e. The molecule has 0 bridgehead atoms. The third-order valence-corrected chi connectivity index (χ3v) is 1.64. The van der Waals surface area contributed by atoms with Gasteiger partial charge < -0.3 is 9.84 Å². The first-order chi connectivity index (χ1) is 6.64. The van der Waals surface area contributed by atoms with Crippen molar-refractivity contribution in [2.75, 3.05) is 6.61 Å². The average Bonchev–Trinajstić information content (AvgIpc) is 2.16. The highest BCUT2D eigenvalue weighted by molar-refractivity contribution is 5.21. The molecule has 14 heavy (non-hydrogen) atoms. The van der Waals surface area contributed by atoms with E-state index in [0.29, 0.717) is 0 Å². The van der Waals surface area contributed by atoms with E-state index >= 15 is 0 Å². The van der Waals surface area contributed by atoms with Gasteiger partial charge in [-0.15, -0.1) is 0 Å². The molecule has 0 saturated heterocycles. The van der Waals surface area contributed by atoms with Crippen molar-refractivity contribution in [2.24, 2.45) is 0 Å². The molecule has 0 aromatic heterocycles. The molecule has 4 heteroatoms. The van der Waals surface area contributed by atoms with Crippen molar-refractivity contribution in [1.29, 1.82) is 0 Å². The second-order valence-corrected chi connectivity index (χ2v) is 2.88. The summed E-state index contributed by atoms with van der Waals surface area (Å²) in [6, 6.07) is 7.90.